The van der Waals surface area contributed by atoms with Crippen LogP contribution in [0.25, 0.3) is 0 Å². The lowest BCUT2D eigenvalue weighted by molar-refractivity contribution is 0.138. The van der Waals surface area contributed by atoms with Crippen LogP contribution in [-0.4, -0.2) is 11.0 Å². The molecule has 0 fully saturated rings. The fourth-order valence-corrected chi connectivity index (χ4v) is 4.57. The van der Waals surface area contributed by atoms with Gasteiger partial charge in [-0.25, -0.2) is 4.79 Å². The largest absolute Gasteiger partial charge is 0.445 e. The third kappa shape index (κ3) is 5.02. The molecule has 2 unspecified atom stereocenters. The Morgan fingerprint density at radius 2 is 1.54 bits per heavy atom. The predicted octanol–water partition coefficient (Wildman–Crippen LogP) is 4.86. The van der Waals surface area contributed by atoms with Gasteiger partial charge in [-0.3, -0.25) is 4.57 Å². The Balaban J connectivity index is 1.83. The van der Waals surface area contributed by atoms with Gasteiger partial charge in [-0.2, -0.15) is 0 Å². The third-order valence-electron chi connectivity index (χ3n) is 4.13. The zero-order valence-electron chi connectivity index (χ0n) is 14.9. The summed E-state index contributed by atoms with van der Waals surface area (Å²) in [4.78, 5) is 23.2. The fourth-order valence-electron chi connectivity index (χ4n) is 2.69. The molecule has 0 aliphatic rings. The minimum absolute atomic E-state index is 0.0566. The highest BCUT2D eigenvalue weighted by molar-refractivity contribution is 7.66. The van der Waals surface area contributed by atoms with Gasteiger partial charge >= 0.3 is 6.09 Å². The van der Waals surface area contributed by atoms with E-state index in [1.54, 1.807) is 54.6 Å². The number of rotatable bonds is 6. The lowest BCUT2D eigenvalue weighted by Crippen LogP contribution is -2.31. The average Bonchev–Trinajstić information content (AvgIpc) is 2.72. The van der Waals surface area contributed by atoms with Crippen LogP contribution in [-0.2, 0) is 15.9 Å². The van der Waals surface area contributed by atoms with Crippen LogP contribution in [0, 0.1) is 0 Å². The Bertz CT molecular complexity index is 965. The summed E-state index contributed by atoms with van der Waals surface area (Å²) in [5.41, 5.74) is 1.27. The predicted molar refractivity (Wildman–Crippen MR) is 110 cm³/mol. The summed E-state index contributed by atoms with van der Waals surface area (Å²) in [6.07, 6.45) is -0.783. The van der Waals surface area contributed by atoms with Crippen molar-refractivity contribution in [3.63, 3.8) is 0 Å². The van der Waals surface area contributed by atoms with Crippen molar-refractivity contribution in [1.82, 2.24) is 5.32 Å². The second-order valence-electron chi connectivity index (χ2n) is 6.12. The number of nitrogens with one attached hydrogen (secondary N) is 1. The number of carbonyl (C=O) groups excluding carboxylic acids is 1. The molecule has 0 saturated carbocycles. The Labute approximate surface area is 168 Å². The number of halogens is 1. The van der Waals surface area contributed by atoms with Crippen molar-refractivity contribution in [2.45, 2.75) is 12.4 Å². The van der Waals surface area contributed by atoms with Crippen molar-refractivity contribution in [3.05, 3.63) is 101 Å². The second-order valence-corrected chi connectivity index (χ2v) is 8.83. The van der Waals surface area contributed by atoms with Gasteiger partial charge in [0, 0.05) is 10.3 Å². The van der Waals surface area contributed by atoms with Crippen LogP contribution < -0.4 is 10.6 Å². The molecule has 3 aromatic carbocycles. The molecule has 2 N–H and O–H groups in total. The van der Waals surface area contributed by atoms with E-state index in [9.17, 15) is 14.3 Å². The molecular weight excluding hydrogens is 397 g/mol. The zero-order chi connectivity index (χ0) is 20.0. The highest BCUT2D eigenvalue weighted by Crippen LogP contribution is 2.53. The van der Waals surface area contributed by atoms with Gasteiger partial charge < -0.3 is 14.9 Å². The van der Waals surface area contributed by atoms with Crippen LogP contribution in [0.4, 0.5) is 4.79 Å². The number of alkyl carbamates (subject to hydrolysis) is 1. The summed E-state index contributed by atoms with van der Waals surface area (Å²) in [6.45, 7) is 0.0566. The first kappa shape index (κ1) is 20.2. The fraction of sp³-hybridized carbons (Fsp3) is 0.0952. The van der Waals surface area contributed by atoms with Crippen LogP contribution in [0.5, 0.6) is 0 Å². The first-order valence-corrected chi connectivity index (χ1v) is 10.7. The van der Waals surface area contributed by atoms with Gasteiger partial charge in [-0.1, -0.05) is 72.3 Å². The van der Waals surface area contributed by atoms with Gasteiger partial charge in [-0.15, -0.1) is 0 Å². The Hall–Kier alpha value is -2.59. The van der Waals surface area contributed by atoms with Crippen LogP contribution in [0.1, 0.15) is 16.9 Å². The van der Waals surface area contributed by atoms with E-state index in [2.05, 4.69) is 5.32 Å². The van der Waals surface area contributed by atoms with E-state index < -0.39 is 19.2 Å². The number of ether oxygens (including phenoxy) is 1. The molecule has 2 atom stereocenters. The normalized spacial score (nSPS) is 13.9. The molecule has 0 bridgehead atoms. The molecule has 3 rings (SSSR count). The van der Waals surface area contributed by atoms with Crippen LogP contribution in [0.3, 0.4) is 0 Å². The quantitative estimate of drug-likeness (QED) is 0.564. The number of benzene rings is 3. The van der Waals surface area contributed by atoms with E-state index in [-0.39, 0.29) is 11.9 Å². The van der Waals surface area contributed by atoms with E-state index in [1.165, 1.54) is 0 Å². The summed E-state index contributed by atoms with van der Waals surface area (Å²) >= 11 is 5.93. The Morgan fingerprint density at radius 3 is 2.14 bits per heavy atom. The molecule has 0 saturated heterocycles. The van der Waals surface area contributed by atoms with Crippen molar-refractivity contribution in [2.75, 3.05) is 0 Å². The summed E-state index contributed by atoms with van der Waals surface area (Å²) in [5, 5.41) is 3.27. The van der Waals surface area contributed by atoms with E-state index in [1.807, 2.05) is 30.3 Å². The highest BCUT2D eigenvalue weighted by atomic mass is 35.5. The first-order chi connectivity index (χ1) is 13.5. The molecular formula is C21H19ClNO4P. The maximum absolute atomic E-state index is 13.3. The van der Waals surface area contributed by atoms with Gasteiger partial charge in [-0.05, 0) is 35.4 Å². The van der Waals surface area contributed by atoms with E-state index in [0.29, 0.717) is 10.6 Å². The van der Waals surface area contributed by atoms with Crippen molar-refractivity contribution >= 4 is 30.4 Å². The lowest BCUT2D eigenvalue weighted by atomic mass is 10.2. The summed E-state index contributed by atoms with van der Waals surface area (Å²) in [6, 6.07) is 23.8. The van der Waals surface area contributed by atoms with Crippen molar-refractivity contribution < 1.29 is 19.0 Å². The Morgan fingerprint density at radius 1 is 0.964 bits per heavy atom. The minimum atomic E-state index is -4.00. The van der Waals surface area contributed by atoms with Crippen LogP contribution >= 0.6 is 19.0 Å². The number of hydrogen-bond donors (Lipinski definition) is 2. The highest BCUT2D eigenvalue weighted by Gasteiger charge is 2.36. The molecule has 0 heterocycles. The number of carbonyl (C=O) groups is 1. The van der Waals surface area contributed by atoms with Gasteiger partial charge in [0.15, 0.2) is 0 Å². The molecule has 0 aliphatic heterocycles. The van der Waals surface area contributed by atoms with Crippen molar-refractivity contribution in [2.24, 2.45) is 0 Å². The molecule has 144 valence electrons. The maximum Gasteiger partial charge on any atom is 0.408 e. The molecule has 7 heteroatoms. The van der Waals surface area contributed by atoms with Gasteiger partial charge in [0.2, 0.25) is 0 Å². The maximum atomic E-state index is 13.3. The lowest BCUT2D eigenvalue weighted by Gasteiger charge is -2.24. The second kappa shape index (κ2) is 9.07. The summed E-state index contributed by atoms with van der Waals surface area (Å²) in [7, 11) is -4.00. The molecule has 0 aliphatic carbocycles. The molecule has 3 aromatic rings. The van der Waals surface area contributed by atoms with Gasteiger partial charge in [0.05, 0.1) is 0 Å². The van der Waals surface area contributed by atoms with Crippen molar-refractivity contribution in [3.8, 4) is 0 Å². The van der Waals surface area contributed by atoms with Crippen LogP contribution in [0.2, 0.25) is 5.02 Å². The van der Waals surface area contributed by atoms with E-state index >= 15 is 0 Å². The van der Waals surface area contributed by atoms with Crippen LogP contribution in [0.15, 0.2) is 84.9 Å². The van der Waals surface area contributed by atoms with Gasteiger partial charge in [0.25, 0.3) is 7.37 Å². The van der Waals surface area contributed by atoms with E-state index in [4.69, 9.17) is 16.3 Å². The molecule has 28 heavy (non-hydrogen) atoms. The molecule has 0 spiro atoms. The number of amides is 1. The third-order valence-corrected chi connectivity index (χ3v) is 6.55. The van der Waals surface area contributed by atoms with Gasteiger partial charge in [0.1, 0.15) is 12.4 Å². The van der Waals surface area contributed by atoms with E-state index in [0.717, 1.165) is 5.56 Å². The first-order valence-electron chi connectivity index (χ1n) is 8.57. The molecule has 0 radical (unpaired) electrons. The minimum Gasteiger partial charge on any atom is -0.445 e. The summed E-state index contributed by atoms with van der Waals surface area (Å²) in [5.74, 6) is -1.17. The standard InChI is InChI=1S/C21H19ClNO4P/c22-18-13-11-17(12-14-18)20(28(25,26)19-9-5-2-6-10-19)23-21(24)27-15-16-7-3-1-4-8-16/h1-14,20H,15H2,(H,23,24)(H,25,26). The zero-order valence-corrected chi connectivity index (χ0v) is 16.5. The SMILES string of the molecule is O=C(NC(c1ccc(Cl)cc1)P(=O)(O)c1ccccc1)OCc1ccccc1. The molecule has 5 nitrogen and oxygen atoms in total. The van der Waals surface area contributed by atoms with Crippen molar-refractivity contribution in [1.29, 1.82) is 0 Å². The molecule has 0 aromatic heterocycles. The molecule has 1 amide bonds. The topological polar surface area (TPSA) is 75.6 Å². The number of hydrogen-bond acceptors (Lipinski definition) is 3. The smallest absolute Gasteiger partial charge is 0.408 e. The Kier molecular flexibility index (Phi) is 6.53. The monoisotopic (exact) mass is 415 g/mol. The average molecular weight is 416 g/mol. The summed E-state index contributed by atoms with van der Waals surface area (Å²) < 4.78 is 18.5.